The Morgan fingerprint density at radius 3 is 2.00 bits per heavy atom. The summed E-state index contributed by atoms with van der Waals surface area (Å²) in [6.07, 6.45) is 9.36. The quantitative estimate of drug-likeness (QED) is 0.155. The van der Waals surface area contributed by atoms with Crippen LogP contribution in [0.2, 0.25) is 0 Å². The second-order valence-electron chi connectivity index (χ2n) is 13.3. The summed E-state index contributed by atoms with van der Waals surface area (Å²) in [6.45, 7) is 16.8. The maximum absolute atomic E-state index is 14.1. The first-order chi connectivity index (χ1) is 21.0. The number of rotatable bonds is 19. The van der Waals surface area contributed by atoms with E-state index < -0.39 is 0 Å². The molecule has 0 atom stereocenters. The minimum Gasteiger partial charge on any atom is -0.339 e. The predicted octanol–water partition coefficient (Wildman–Crippen LogP) is 2.44. The van der Waals surface area contributed by atoms with Gasteiger partial charge in [0.15, 0.2) is 0 Å². The van der Waals surface area contributed by atoms with Gasteiger partial charge >= 0.3 is 0 Å². The Kier molecular flexibility index (Phi) is 14.5. The second kappa shape index (κ2) is 18.3. The van der Waals surface area contributed by atoms with Gasteiger partial charge in [0.1, 0.15) is 5.54 Å². The molecule has 1 aromatic rings. The Morgan fingerprint density at radius 2 is 1.40 bits per heavy atom. The third-order valence-electron chi connectivity index (χ3n) is 10.2. The minimum absolute atomic E-state index is 0.351. The first-order valence-corrected chi connectivity index (χ1v) is 17.4. The monoisotopic (exact) mass is 599 g/mol. The zero-order valence-electron chi connectivity index (χ0n) is 27.3. The summed E-state index contributed by atoms with van der Waals surface area (Å²) in [5.74, 6) is 2.05. The summed E-state index contributed by atoms with van der Waals surface area (Å²) in [4.78, 5) is 21.4. The SMILES string of the molecule is CC(C)C1CCC(N2CCC3(CC2)C(=O)N(CCCNCCNCCNCCCNCCN)CN3c2ccccc2)CC1. The van der Waals surface area contributed by atoms with Gasteiger partial charge in [-0.25, -0.2) is 0 Å². The Balaban J connectivity index is 1.15. The zero-order chi connectivity index (χ0) is 30.3. The van der Waals surface area contributed by atoms with Crippen molar-refractivity contribution in [2.24, 2.45) is 17.6 Å². The summed E-state index contributed by atoms with van der Waals surface area (Å²) in [5, 5.41) is 13.9. The number of hydrogen-bond donors (Lipinski definition) is 5. The molecule has 1 amide bonds. The molecule has 9 nitrogen and oxygen atoms in total. The third-order valence-corrected chi connectivity index (χ3v) is 10.2. The van der Waals surface area contributed by atoms with Crippen LogP contribution in [-0.4, -0.2) is 112 Å². The number of anilines is 1. The summed E-state index contributed by atoms with van der Waals surface area (Å²) in [7, 11) is 0. The number of nitrogens with one attached hydrogen (secondary N) is 4. The molecule has 1 aliphatic carbocycles. The molecule has 2 heterocycles. The van der Waals surface area contributed by atoms with Gasteiger partial charge in [-0.3, -0.25) is 4.79 Å². The Labute approximate surface area is 262 Å². The number of benzene rings is 1. The zero-order valence-corrected chi connectivity index (χ0v) is 27.3. The van der Waals surface area contributed by atoms with Crippen molar-refractivity contribution in [3.05, 3.63) is 30.3 Å². The van der Waals surface area contributed by atoms with Crippen molar-refractivity contribution in [1.29, 1.82) is 0 Å². The van der Waals surface area contributed by atoms with Gasteiger partial charge in [0, 0.05) is 70.6 Å². The van der Waals surface area contributed by atoms with Crippen molar-refractivity contribution < 1.29 is 4.79 Å². The maximum Gasteiger partial charge on any atom is 0.250 e. The molecular formula is C34H62N8O. The van der Waals surface area contributed by atoms with Gasteiger partial charge in [-0.1, -0.05) is 32.0 Å². The Bertz CT molecular complexity index is 899. The molecule has 3 fully saturated rings. The van der Waals surface area contributed by atoms with Crippen molar-refractivity contribution in [1.82, 2.24) is 31.1 Å². The first-order valence-electron chi connectivity index (χ1n) is 17.4. The van der Waals surface area contributed by atoms with Crippen molar-refractivity contribution in [3.63, 3.8) is 0 Å². The fourth-order valence-corrected chi connectivity index (χ4v) is 7.45. The van der Waals surface area contributed by atoms with Crippen LogP contribution < -0.4 is 31.9 Å². The van der Waals surface area contributed by atoms with E-state index in [-0.39, 0.29) is 5.54 Å². The van der Waals surface area contributed by atoms with Crippen LogP contribution in [0.4, 0.5) is 5.69 Å². The summed E-state index contributed by atoms with van der Waals surface area (Å²) < 4.78 is 0. The third kappa shape index (κ3) is 9.87. The molecule has 0 bridgehead atoms. The maximum atomic E-state index is 14.1. The van der Waals surface area contributed by atoms with E-state index in [1.165, 1.54) is 31.4 Å². The average molecular weight is 599 g/mol. The molecule has 1 spiro atoms. The number of carbonyl (C=O) groups excluding carboxylic acids is 1. The summed E-state index contributed by atoms with van der Waals surface area (Å²) in [5.41, 5.74) is 6.28. The number of piperidine rings is 1. The molecule has 1 aromatic carbocycles. The van der Waals surface area contributed by atoms with Crippen LogP contribution >= 0.6 is 0 Å². The summed E-state index contributed by atoms with van der Waals surface area (Å²) >= 11 is 0. The van der Waals surface area contributed by atoms with Crippen LogP contribution in [0.25, 0.3) is 0 Å². The lowest BCUT2D eigenvalue weighted by atomic mass is 9.78. The van der Waals surface area contributed by atoms with E-state index in [4.69, 9.17) is 5.73 Å². The highest BCUT2D eigenvalue weighted by molar-refractivity contribution is 5.93. The van der Waals surface area contributed by atoms with E-state index in [9.17, 15) is 4.79 Å². The fourth-order valence-electron chi connectivity index (χ4n) is 7.45. The molecule has 0 unspecified atom stereocenters. The number of para-hydroxylation sites is 1. The van der Waals surface area contributed by atoms with Gasteiger partial charge in [-0.15, -0.1) is 0 Å². The number of likely N-dealkylation sites (tertiary alicyclic amines) is 1. The van der Waals surface area contributed by atoms with Crippen molar-refractivity contribution in [2.75, 3.05) is 90.1 Å². The molecule has 2 saturated heterocycles. The molecule has 244 valence electrons. The number of hydrogen-bond acceptors (Lipinski definition) is 8. The molecule has 2 aliphatic heterocycles. The number of carbonyl (C=O) groups is 1. The highest BCUT2D eigenvalue weighted by Crippen LogP contribution is 2.41. The highest BCUT2D eigenvalue weighted by Gasteiger charge is 2.54. The van der Waals surface area contributed by atoms with E-state index in [2.05, 4.69) is 80.1 Å². The van der Waals surface area contributed by atoms with Crippen LogP contribution in [0.15, 0.2) is 30.3 Å². The molecule has 9 heteroatoms. The van der Waals surface area contributed by atoms with Crippen LogP contribution in [0, 0.1) is 11.8 Å². The molecule has 1 saturated carbocycles. The van der Waals surface area contributed by atoms with Crippen LogP contribution in [0.5, 0.6) is 0 Å². The molecule has 6 N–H and O–H groups in total. The topological polar surface area (TPSA) is 101 Å². The van der Waals surface area contributed by atoms with Crippen molar-refractivity contribution in [2.45, 2.75) is 76.8 Å². The lowest BCUT2D eigenvalue weighted by Crippen LogP contribution is -2.58. The predicted molar refractivity (Wildman–Crippen MR) is 179 cm³/mol. The molecule has 3 aliphatic rings. The molecule has 4 rings (SSSR count). The van der Waals surface area contributed by atoms with Crippen molar-refractivity contribution >= 4 is 11.6 Å². The normalized spacial score (nSPS) is 22.7. The molecule has 43 heavy (non-hydrogen) atoms. The minimum atomic E-state index is -0.390. The van der Waals surface area contributed by atoms with E-state index >= 15 is 0 Å². The smallest absolute Gasteiger partial charge is 0.250 e. The van der Waals surface area contributed by atoms with E-state index in [0.29, 0.717) is 25.2 Å². The fraction of sp³-hybridized carbons (Fsp3) is 0.794. The Morgan fingerprint density at radius 1 is 0.814 bits per heavy atom. The van der Waals surface area contributed by atoms with Gasteiger partial charge in [-0.2, -0.15) is 0 Å². The van der Waals surface area contributed by atoms with E-state index in [0.717, 1.165) is 110 Å². The van der Waals surface area contributed by atoms with Gasteiger partial charge in [0.25, 0.3) is 0 Å². The lowest BCUT2D eigenvalue weighted by molar-refractivity contribution is -0.133. The number of amides is 1. The van der Waals surface area contributed by atoms with Gasteiger partial charge in [-0.05, 0) is 95.0 Å². The van der Waals surface area contributed by atoms with E-state index in [1.807, 2.05) is 0 Å². The highest BCUT2D eigenvalue weighted by atomic mass is 16.2. The summed E-state index contributed by atoms with van der Waals surface area (Å²) in [6, 6.07) is 11.4. The number of nitrogens with two attached hydrogens (primary N) is 1. The first kappa shape index (κ1) is 34.1. The second-order valence-corrected chi connectivity index (χ2v) is 13.3. The van der Waals surface area contributed by atoms with Crippen molar-refractivity contribution in [3.8, 4) is 0 Å². The van der Waals surface area contributed by atoms with Crippen LogP contribution in [0.1, 0.15) is 65.2 Å². The standard InChI is InChI=1S/C34H62N8O/c1-29(2)30-10-12-31(13-11-30)40-26-14-34(15-27-40)33(43)41(28-42(34)32-8-4-3-5-9-32)25-7-19-38-22-24-39-23-21-37-18-6-17-36-20-16-35/h3-5,8-9,29-31,36-39H,6-7,10-28,35H2,1-2H3. The van der Waals surface area contributed by atoms with Gasteiger partial charge in [0.2, 0.25) is 5.91 Å². The lowest BCUT2D eigenvalue weighted by Gasteiger charge is -2.47. The molecular weight excluding hydrogens is 536 g/mol. The van der Waals surface area contributed by atoms with Crippen LogP contribution in [0.3, 0.4) is 0 Å². The Hall–Kier alpha value is -1.75. The molecule has 0 radical (unpaired) electrons. The van der Waals surface area contributed by atoms with Gasteiger partial charge in [0.05, 0.1) is 6.67 Å². The van der Waals surface area contributed by atoms with Gasteiger partial charge < -0.3 is 41.7 Å². The van der Waals surface area contributed by atoms with Crippen LogP contribution in [-0.2, 0) is 4.79 Å². The average Bonchev–Trinajstić information content (AvgIpc) is 3.30. The molecule has 0 aromatic heterocycles. The largest absolute Gasteiger partial charge is 0.339 e. The van der Waals surface area contributed by atoms with E-state index in [1.54, 1.807) is 0 Å². The number of nitrogens with zero attached hydrogens (tertiary/aromatic N) is 3.